The fourth-order valence-electron chi connectivity index (χ4n) is 3.65. The van der Waals surface area contributed by atoms with Gasteiger partial charge in [0.15, 0.2) is 0 Å². The van der Waals surface area contributed by atoms with Crippen LogP contribution in [0.1, 0.15) is 9.75 Å². The third-order valence-corrected chi connectivity index (χ3v) is 5.91. The van der Waals surface area contributed by atoms with Gasteiger partial charge in [-0.3, -0.25) is 9.69 Å². The number of aryl methyl sites for hydroxylation is 1. The Bertz CT molecular complexity index is 763. The van der Waals surface area contributed by atoms with Gasteiger partial charge in [0.1, 0.15) is 12.2 Å². The standard InChI is InChI=1S/C20H24N2O3S/c1-16-7-8-18(26-16)11-21-9-10-24-15-20(13-21)14-22(19(23)12-25-20)17-5-3-2-4-6-17/h2-8H,9-15H2,1H3. The molecule has 0 saturated carbocycles. The second-order valence-corrected chi connectivity index (χ2v) is 8.44. The molecule has 1 unspecified atom stereocenters. The Morgan fingerprint density at radius 3 is 2.77 bits per heavy atom. The normalized spacial score (nSPS) is 24.8. The largest absolute Gasteiger partial charge is 0.377 e. The molecule has 1 aromatic heterocycles. The molecule has 1 amide bonds. The highest BCUT2D eigenvalue weighted by Gasteiger charge is 2.43. The van der Waals surface area contributed by atoms with Crippen molar-refractivity contribution in [2.75, 3.05) is 44.4 Å². The molecule has 2 aliphatic rings. The number of hydrogen-bond acceptors (Lipinski definition) is 5. The van der Waals surface area contributed by atoms with Gasteiger partial charge in [-0.1, -0.05) is 18.2 Å². The summed E-state index contributed by atoms with van der Waals surface area (Å²) in [5.74, 6) is 0.00602. The van der Waals surface area contributed by atoms with Gasteiger partial charge in [0, 0.05) is 35.1 Å². The highest BCUT2D eigenvalue weighted by Crippen LogP contribution is 2.28. The number of carbonyl (C=O) groups excluding carboxylic acids is 1. The number of nitrogens with zero attached hydrogens (tertiary/aromatic N) is 2. The van der Waals surface area contributed by atoms with Crippen LogP contribution in [0.4, 0.5) is 5.69 Å². The molecule has 2 fully saturated rings. The zero-order chi connectivity index (χ0) is 18.0. The van der Waals surface area contributed by atoms with Gasteiger partial charge in [-0.2, -0.15) is 0 Å². The van der Waals surface area contributed by atoms with Crippen LogP contribution in [0.2, 0.25) is 0 Å². The molecule has 5 nitrogen and oxygen atoms in total. The lowest BCUT2D eigenvalue weighted by molar-refractivity contribution is -0.146. The van der Waals surface area contributed by atoms with Gasteiger partial charge in [0.2, 0.25) is 0 Å². The molecule has 0 aliphatic carbocycles. The van der Waals surface area contributed by atoms with E-state index in [9.17, 15) is 4.79 Å². The molecule has 1 atom stereocenters. The van der Waals surface area contributed by atoms with Crippen molar-refractivity contribution in [1.82, 2.24) is 4.90 Å². The molecule has 1 aromatic carbocycles. The molecule has 2 aromatic rings. The topological polar surface area (TPSA) is 42.0 Å². The number of amides is 1. The van der Waals surface area contributed by atoms with Crippen LogP contribution in [0.5, 0.6) is 0 Å². The second kappa shape index (κ2) is 7.48. The monoisotopic (exact) mass is 372 g/mol. The minimum Gasteiger partial charge on any atom is -0.377 e. The molecule has 2 saturated heterocycles. The van der Waals surface area contributed by atoms with Crippen molar-refractivity contribution in [3.63, 3.8) is 0 Å². The Morgan fingerprint density at radius 1 is 1.15 bits per heavy atom. The smallest absolute Gasteiger partial charge is 0.253 e. The van der Waals surface area contributed by atoms with E-state index >= 15 is 0 Å². The van der Waals surface area contributed by atoms with E-state index in [2.05, 4.69) is 24.0 Å². The van der Waals surface area contributed by atoms with E-state index in [-0.39, 0.29) is 12.5 Å². The minimum atomic E-state index is -0.480. The van der Waals surface area contributed by atoms with Gasteiger partial charge in [0.05, 0.1) is 19.8 Å². The van der Waals surface area contributed by atoms with Crippen LogP contribution in [0, 0.1) is 6.92 Å². The summed E-state index contributed by atoms with van der Waals surface area (Å²) >= 11 is 1.83. The lowest BCUT2D eigenvalue weighted by atomic mass is 10.0. The number of benzene rings is 1. The average molecular weight is 372 g/mol. The molecule has 138 valence electrons. The molecule has 26 heavy (non-hydrogen) atoms. The number of para-hydroxylation sites is 1. The maximum absolute atomic E-state index is 12.4. The summed E-state index contributed by atoms with van der Waals surface area (Å²) in [4.78, 5) is 19.3. The first kappa shape index (κ1) is 17.7. The fraction of sp³-hybridized carbons (Fsp3) is 0.450. The van der Waals surface area contributed by atoms with Crippen molar-refractivity contribution >= 4 is 22.9 Å². The Kier molecular flexibility index (Phi) is 5.09. The van der Waals surface area contributed by atoms with E-state index in [1.807, 2.05) is 46.6 Å². The van der Waals surface area contributed by atoms with E-state index in [0.717, 1.165) is 25.3 Å². The quantitative estimate of drug-likeness (QED) is 0.831. The number of carbonyl (C=O) groups is 1. The molecular weight excluding hydrogens is 348 g/mol. The van der Waals surface area contributed by atoms with Crippen molar-refractivity contribution in [3.05, 3.63) is 52.2 Å². The Hall–Kier alpha value is -1.73. The van der Waals surface area contributed by atoms with Gasteiger partial charge in [-0.15, -0.1) is 11.3 Å². The molecule has 6 heteroatoms. The molecule has 1 spiro atoms. The molecule has 3 heterocycles. The van der Waals surface area contributed by atoms with Crippen molar-refractivity contribution in [1.29, 1.82) is 0 Å². The number of ether oxygens (including phenoxy) is 2. The van der Waals surface area contributed by atoms with Crippen LogP contribution >= 0.6 is 11.3 Å². The van der Waals surface area contributed by atoms with E-state index in [1.54, 1.807) is 0 Å². The fourth-order valence-corrected chi connectivity index (χ4v) is 4.58. The van der Waals surface area contributed by atoms with Crippen LogP contribution in [0.15, 0.2) is 42.5 Å². The van der Waals surface area contributed by atoms with E-state index in [0.29, 0.717) is 19.8 Å². The van der Waals surface area contributed by atoms with Crippen molar-refractivity contribution < 1.29 is 14.3 Å². The summed E-state index contributed by atoms with van der Waals surface area (Å²) in [5.41, 5.74) is 0.442. The number of rotatable bonds is 3. The van der Waals surface area contributed by atoms with Crippen LogP contribution in [-0.2, 0) is 20.8 Å². The number of thiophene rings is 1. The summed E-state index contributed by atoms with van der Waals surface area (Å²) in [6.45, 7) is 6.50. The highest BCUT2D eigenvalue weighted by molar-refractivity contribution is 7.11. The third-order valence-electron chi connectivity index (χ3n) is 4.92. The number of anilines is 1. The highest BCUT2D eigenvalue weighted by atomic mass is 32.1. The Balaban J connectivity index is 1.52. The van der Waals surface area contributed by atoms with Crippen molar-refractivity contribution in [2.24, 2.45) is 0 Å². The summed E-state index contributed by atoms with van der Waals surface area (Å²) < 4.78 is 11.9. The lowest BCUT2D eigenvalue weighted by Crippen LogP contribution is -2.60. The zero-order valence-corrected chi connectivity index (χ0v) is 15.8. The average Bonchev–Trinajstić information content (AvgIpc) is 2.95. The minimum absolute atomic E-state index is 0.00602. The number of morpholine rings is 1. The van der Waals surface area contributed by atoms with E-state index in [1.165, 1.54) is 9.75 Å². The van der Waals surface area contributed by atoms with Crippen LogP contribution < -0.4 is 4.90 Å². The molecule has 0 N–H and O–H groups in total. The zero-order valence-electron chi connectivity index (χ0n) is 15.0. The van der Waals surface area contributed by atoms with Gasteiger partial charge in [0.25, 0.3) is 5.91 Å². The van der Waals surface area contributed by atoms with E-state index in [4.69, 9.17) is 9.47 Å². The second-order valence-electron chi connectivity index (χ2n) is 7.06. The maximum Gasteiger partial charge on any atom is 0.253 e. The van der Waals surface area contributed by atoms with Crippen molar-refractivity contribution in [2.45, 2.75) is 19.1 Å². The summed E-state index contributed by atoms with van der Waals surface area (Å²) in [6, 6.07) is 14.2. The SMILES string of the molecule is Cc1ccc(CN2CCOCC3(C2)CN(c2ccccc2)C(=O)CO3)s1. The first-order valence-corrected chi connectivity index (χ1v) is 9.80. The Morgan fingerprint density at radius 2 is 2.00 bits per heavy atom. The first-order chi connectivity index (χ1) is 12.6. The van der Waals surface area contributed by atoms with Crippen molar-refractivity contribution in [3.8, 4) is 0 Å². The van der Waals surface area contributed by atoms with Gasteiger partial charge < -0.3 is 14.4 Å². The van der Waals surface area contributed by atoms with Gasteiger partial charge >= 0.3 is 0 Å². The molecular formula is C20H24N2O3S. The third kappa shape index (κ3) is 3.83. The number of hydrogen-bond donors (Lipinski definition) is 0. The predicted octanol–water partition coefficient (Wildman–Crippen LogP) is 2.69. The van der Waals surface area contributed by atoms with Crippen LogP contribution in [0.25, 0.3) is 0 Å². The van der Waals surface area contributed by atoms with Crippen LogP contribution in [-0.4, -0.2) is 55.9 Å². The molecule has 2 aliphatic heterocycles. The van der Waals surface area contributed by atoms with Gasteiger partial charge in [-0.25, -0.2) is 0 Å². The summed E-state index contributed by atoms with van der Waals surface area (Å²) in [5, 5.41) is 0. The maximum atomic E-state index is 12.4. The summed E-state index contributed by atoms with van der Waals surface area (Å²) in [6.07, 6.45) is 0. The van der Waals surface area contributed by atoms with Gasteiger partial charge in [-0.05, 0) is 31.2 Å². The van der Waals surface area contributed by atoms with Crippen LogP contribution in [0.3, 0.4) is 0 Å². The molecule has 0 radical (unpaired) electrons. The van der Waals surface area contributed by atoms with E-state index < -0.39 is 5.60 Å². The first-order valence-electron chi connectivity index (χ1n) is 8.98. The lowest BCUT2D eigenvalue weighted by Gasteiger charge is -2.43. The molecule has 4 rings (SSSR count). The molecule has 0 bridgehead atoms. The Labute approximate surface area is 158 Å². The summed E-state index contributed by atoms with van der Waals surface area (Å²) in [7, 11) is 0. The predicted molar refractivity (Wildman–Crippen MR) is 103 cm³/mol.